The van der Waals surface area contributed by atoms with Crippen LogP contribution >= 0.6 is 0 Å². The summed E-state index contributed by atoms with van der Waals surface area (Å²) in [5.74, 6) is 0.867. The number of hydrogen-bond donors (Lipinski definition) is 1. The maximum atomic E-state index is 11.6. The van der Waals surface area contributed by atoms with Crippen LogP contribution in [0.5, 0.6) is 0 Å². The number of nitrogens with one attached hydrogen (secondary N) is 1. The summed E-state index contributed by atoms with van der Waals surface area (Å²) < 4.78 is 0. The molecule has 1 N–H and O–H groups in total. The van der Waals surface area contributed by atoms with Crippen LogP contribution in [0.2, 0.25) is 0 Å². The first-order valence-corrected chi connectivity index (χ1v) is 4.88. The molecule has 2 unspecified atom stereocenters. The molecule has 13 heavy (non-hydrogen) atoms. The Balaban J connectivity index is 2.92. The quantitative estimate of drug-likeness (QED) is 0.695. The van der Waals surface area contributed by atoms with Crippen LogP contribution in [0.25, 0.3) is 0 Å². The minimum Gasteiger partial charge on any atom is -0.297 e. The molecule has 2 nitrogen and oxygen atoms in total. The van der Waals surface area contributed by atoms with E-state index in [1.807, 2.05) is 13.0 Å². The lowest BCUT2D eigenvalue weighted by molar-refractivity contribution is -0.118. The van der Waals surface area contributed by atoms with Crippen molar-refractivity contribution in [3.63, 3.8) is 0 Å². The van der Waals surface area contributed by atoms with Gasteiger partial charge in [-0.2, -0.15) is 0 Å². The molecule has 2 atom stereocenters. The van der Waals surface area contributed by atoms with Crippen LogP contribution in [0.15, 0.2) is 12.2 Å². The molecule has 2 heteroatoms. The normalized spacial score (nSPS) is 28.6. The summed E-state index contributed by atoms with van der Waals surface area (Å²) in [5, 5.41) is 7.42. The highest BCUT2D eigenvalue weighted by Gasteiger charge is 2.31. The van der Waals surface area contributed by atoms with Gasteiger partial charge >= 0.3 is 0 Å². The Morgan fingerprint density at radius 3 is 2.62 bits per heavy atom. The molecule has 0 aromatic heterocycles. The summed E-state index contributed by atoms with van der Waals surface area (Å²) in [5.41, 5.74) is 0.170. The van der Waals surface area contributed by atoms with E-state index in [0.717, 1.165) is 6.42 Å². The van der Waals surface area contributed by atoms with Crippen molar-refractivity contribution in [1.29, 1.82) is 5.41 Å². The number of carbonyl (C=O) groups is 1. The van der Waals surface area contributed by atoms with Crippen LogP contribution in [0, 0.1) is 23.2 Å². The molecule has 0 radical (unpaired) electrons. The van der Waals surface area contributed by atoms with Crippen LogP contribution in [0.1, 0.15) is 27.2 Å². The average molecular weight is 179 g/mol. The first-order valence-electron chi connectivity index (χ1n) is 4.88. The molecule has 0 heterocycles. The summed E-state index contributed by atoms with van der Waals surface area (Å²) in [7, 11) is 0. The standard InChI is InChI=1S/C11H17NO/c1-4-8-9(7(2)3)5-6-10(12)11(8)13/h5-9,12H,4H2,1-3H3. The lowest BCUT2D eigenvalue weighted by Crippen LogP contribution is -2.33. The van der Waals surface area contributed by atoms with Crippen molar-refractivity contribution in [2.24, 2.45) is 17.8 Å². The molecule has 0 aliphatic heterocycles. The van der Waals surface area contributed by atoms with Gasteiger partial charge in [0.05, 0.1) is 5.71 Å². The van der Waals surface area contributed by atoms with Gasteiger partial charge in [-0.3, -0.25) is 10.2 Å². The fourth-order valence-corrected chi connectivity index (χ4v) is 1.94. The first kappa shape index (κ1) is 10.2. The molecular weight excluding hydrogens is 162 g/mol. The SMILES string of the molecule is CCC1C(=O)C(=N)C=CC1C(C)C. The second-order valence-corrected chi connectivity index (χ2v) is 3.97. The number of Topliss-reactive ketones (excluding diaryl/α,β-unsaturated/α-hetero) is 1. The minimum atomic E-state index is 0.0173. The molecule has 1 rings (SSSR count). The van der Waals surface area contributed by atoms with E-state index >= 15 is 0 Å². The van der Waals surface area contributed by atoms with Crippen LogP contribution in [0.3, 0.4) is 0 Å². The van der Waals surface area contributed by atoms with Gasteiger partial charge in [0.1, 0.15) is 0 Å². The third-order valence-corrected chi connectivity index (χ3v) is 2.76. The summed E-state index contributed by atoms with van der Waals surface area (Å²) in [6.45, 7) is 6.27. The van der Waals surface area contributed by atoms with E-state index in [0.29, 0.717) is 11.8 Å². The van der Waals surface area contributed by atoms with Gasteiger partial charge in [-0.05, 0) is 24.3 Å². The second kappa shape index (κ2) is 3.86. The molecule has 0 bridgehead atoms. The Bertz CT molecular complexity index is 253. The van der Waals surface area contributed by atoms with Crippen molar-refractivity contribution < 1.29 is 4.79 Å². The van der Waals surface area contributed by atoms with Crippen molar-refractivity contribution in [3.8, 4) is 0 Å². The number of carbonyl (C=O) groups excluding carboxylic acids is 1. The predicted molar refractivity (Wildman–Crippen MR) is 54.0 cm³/mol. The van der Waals surface area contributed by atoms with E-state index in [1.165, 1.54) is 0 Å². The first-order chi connectivity index (χ1) is 6.07. The van der Waals surface area contributed by atoms with E-state index in [4.69, 9.17) is 5.41 Å². The Kier molecular flexibility index (Phi) is 3.02. The topological polar surface area (TPSA) is 40.9 Å². The van der Waals surface area contributed by atoms with Gasteiger partial charge in [0.2, 0.25) is 0 Å². The van der Waals surface area contributed by atoms with Crippen molar-refractivity contribution in [2.45, 2.75) is 27.2 Å². The van der Waals surface area contributed by atoms with Gasteiger partial charge in [0.25, 0.3) is 0 Å². The summed E-state index contributed by atoms with van der Waals surface area (Å²) in [4.78, 5) is 11.6. The van der Waals surface area contributed by atoms with E-state index < -0.39 is 0 Å². The summed E-state index contributed by atoms with van der Waals surface area (Å²) in [6, 6.07) is 0. The highest BCUT2D eigenvalue weighted by atomic mass is 16.1. The van der Waals surface area contributed by atoms with Gasteiger partial charge in [-0.1, -0.05) is 26.8 Å². The summed E-state index contributed by atoms with van der Waals surface area (Å²) >= 11 is 0. The van der Waals surface area contributed by atoms with E-state index in [2.05, 4.69) is 13.8 Å². The van der Waals surface area contributed by atoms with Gasteiger partial charge in [-0.15, -0.1) is 0 Å². The highest BCUT2D eigenvalue weighted by Crippen LogP contribution is 2.29. The van der Waals surface area contributed by atoms with Gasteiger partial charge in [0.15, 0.2) is 5.78 Å². The molecule has 0 spiro atoms. The second-order valence-electron chi connectivity index (χ2n) is 3.97. The van der Waals surface area contributed by atoms with Gasteiger partial charge in [-0.25, -0.2) is 0 Å². The smallest absolute Gasteiger partial charge is 0.184 e. The fraction of sp³-hybridized carbons (Fsp3) is 0.636. The maximum Gasteiger partial charge on any atom is 0.184 e. The Morgan fingerprint density at radius 1 is 1.54 bits per heavy atom. The lowest BCUT2D eigenvalue weighted by Gasteiger charge is -2.28. The monoisotopic (exact) mass is 179 g/mol. The Labute approximate surface area is 79.5 Å². The highest BCUT2D eigenvalue weighted by molar-refractivity contribution is 6.44. The third kappa shape index (κ3) is 1.87. The molecule has 0 saturated heterocycles. The predicted octanol–water partition coefficient (Wildman–Crippen LogP) is 2.44. The van der Waals surface area contributed by atoms with Crippen LogP contribution in [-0.2, 0) is 4.79 Å². The number of allylic oxidation sites excluding steroid dienone is 2. The molecule has 1 aliphatic carbocycles. The van der Waals surface area contributed by atoms with Gasteiger partial charge in [0, 0.05) is 5.92 Å². The number of rotatable bonds is 2. The lowest BCUT2D eigenvalue weighted by atomic mass is 9.75. The molecule has 0 aromatic rings. The molecule has 0 saturated carbocycles. The fourth-order valence-electron chi connectivity index (χ4n) is 1.94. The van der Waals surface area contributed by atoms with E-state index in [1.54, 1.807) is 6.08 Å². The molecule has 0 fully saturated rings. The van der Waals surface area contributed by atoms with Crippen molar-refractivity contribution in [1.82, 2.24) is 0 Å². The third-order valence-electron chi connectivity index (χ3n) is 2.76. The molecule has 0 aromatic carbocycles. The maximum absolute atomic E-state index is 11.6. The molecule has 0 amide bonds. The molecule has 1 aliphatic rings. The van der Waals surface area contributed by atoms with Crippen LogP contribution < -0.4 is 0 Å². The van der Waals surface area contributed by atoms with Crippen molar-refractivity contribution in [3.05, 3.63) is 12.2 Å². The number of hydrogen-bond acceptors (Lipinski definition) is 2. The Hall–Kier alpha value is -0.920. The molecular formula is C11H17NO. The van der Waals surface area contributed by atoms with Crippen LogP contribution in [0.4, 0.5) is 0 Å². The zero-order valence-corrected chi connectivity index (χ0v) is 8.50. The van der Waals surface area contributed by atoms with Gasteiger partial charge < -0.3 is 0 Å². The zero-order chi connectivity index (χ0) is 10.0. The average Bonchev–Trinajstić information content (AvgIpc) is 2.09. The van der Waals surface area contributed by atoms with E-state index in [9.17, 15) is 4.79 Å². The van der Waals surface area contributed by atoms with Crippen molar-refractivity contribution >= 4 is 11.5 Å². The van der Waals surface area contributed by atoms with E-state index in [-0.39, 0.29) is 17.4 Å². The number of ketones is 1. The Morgan fingerprint density at radius 2 is 2.15 bits per heavy atom. The summed E-state index contributed by atoms with van der Waals surface area (Å²) in [6.07, 6.45) is 4.51. The minimum absolute atomic E-state index is 0.0173. The zero-order valence-electron chi connectivity index (χ0n) is 8.50. The van der Waals surface area contributed by atoms with Crippen molar-refractivity contribution in [2.75, 3.05) is 0 Å². The largest absolute Gasteiger partial charge is 0.297 e. The van der Waals surface area contributed by atoms with Crippen LogP contribution in [-0.4, -0.2) is 11.5 Å². The molecule has 72 valence electrons.